The van der Waals surface area contributed by atoms with Gasteiger partial charge in [0, 0.05) is 39.9 Å². The van der Waals surface area contributed by atoms with E-state index in [9.17, 15) is 0 Å². The van der Waals surface area contributed by atoms with Gasteiger partial charge in [-0.1, -0.05) is 116 Å². The molecular weight excluding hydrogens is 613 g/mol. The molecule has 1 unspecified atom stereocenters. The Morgan fingerprint density at radius 1 is 0.700 bits per heavy atom. The lowest BCUT2D eigenvalue weighted by Gasteiger charge is -2.14. The SMILES string of the molecule is CN=C(N=C(C1=CCCC=C1)c1ccc(-c2ccccc2)cc1)c1cccc2oc3cccc(-c4ccc5oc6c(c5c4)CC(C)C=C6)c3c12. The van der Waals surface area contributed by atoms with Crippen LogP contribution in [0.5, 0.6) is 0 Å². The molecule has 2 aliphatic rings. The lowest BCUT2D eigenvalue weighted by molar-refractivity contribution is 0.584. The third-order valence-corrected chi connectivity index (χ3v) is 9.96. The second-order valence-electron chi connectivity index (χ2n) is 13.2. The van der Waals surface area contributed by atoms with Gasteiger partial charge in [-0.2, -0.15) is 0 Å². The van der Waals surface area contributed by atoms with Crippen molar-refractivity contribution in [2.24, 2.45) is 15.9 Å². The van der Waals surface area contributed by atoms with Crippen molar-refractivity contribution in [3.05, 3.63) is 162 Å². The Morgan fingerprint density at radius 2 is 1.48 bits per heavy atom. The van der Waals surface area contributed by atoms with Crippen molar-refractivity contribution < 1.29 is 8.83 Å². The van der Waals surface area contributed by atoms with Gasteiger partial charge in [0.15, 0.2) is 5.84 Å². The molecule has 0 bridgehead atoms. The number of aliphatic imine (C=N–C) groups is 2. The van der Waals surface area contributed by atoms with Crippen LogP contribution in [0.15, 0.2) is 158 Å². The van der Waals surface area contributed by atoms with E-state index in [0.717, 1.165) is 86.1 Å². The molecule has 0 N–H and O–H groups in total. The van der Waals surface area contributed by atoms with Crippen LogP contribution in [0.25, 0.3) is 61.2 Å². The maximum Gasteiger partial charge on any atom is 0.155 e. The first-order valence-electron chi connectivity index (χ1n) is 17.4. The molecule has 2 heterocycles. The van der Waals surface area contributed by atoms with Crippen molar-refractivity contribution in [2.45, 2.75) is 26.2 Å². The van der Waals surface area contributed by atoms with Crippen molar-refractivity contribution >= 4 is 50.5 Å². The highest BCUT2D eigenvalue weighted by Crippen LogP contribution is 2.41. The van der Waals surface area contributed by atoms with Gasteiger partial charge in [0.2, 0.25) is 0 Å². The summed E-state index contributed by atoms with van der Waals surface area (Å²) in [6.45, 7) is 2.25. The van der Waals surface area contributed by atoms with E-state index in [4.69, 9.17) is 18.8 Å². The van der Waals surface area contributed by atoms with Gasteiger partial charge >= 0.3 is 0 Å². The van der Waals surface area contributed by atoms with Crippen LogP contribution in [0, 0.1) is 5.92 Å². The van der Waals surface area contributed by atoms with Crippen LogP contribution in [0.1, 0.15) is 42.2 Å². The highest BCUT2D eigenvalue weighted by Gasteiger charge is 2.22. The zero-order chi connectivity index (χ0) is 33.6. The maximum atomic E-state index is 6.53. The van der Waals surface area contributed by atoms with Gasteiger partial charge in [-0.25, -0.2) is 4.99 Å². The van der Waals surface area contributed by atoms with Crippen molar-refractivity contribution in [1.29, 1.82) is 0 Å². The van der Waals surface area contributed by atoms with Crippen LogP contribution >= 0.6 is 0 Å². The third kappa shape index (κ3) is 5.25. The Labute approximate surface area is 291 Å². The normalized spacial score (nSPS) is 16.4. The summed E-state index contributed by atoms with van der Waals surface area (Å²) in [5.41, 5.74) is 12.5. The molecule has 0 saturated heterocycles. The number of benzene rings is 5. The van der Waals surface area contributed by atoms with Crippen molar-refractivity contribution in [2.75, 3.05) is 7.05 Å². The fraction of sp³-hybridized carbons (Fsp3) is 0.130. The monoisotopic (exact) mass is 648 g/mol. The number of furan rings is 2. The molecule has 0 aliphatic heterocycles. The number of amidine groups is 1. The Balaban J connectivity index is 1.20. The topological polar surface area (TPSA) is 51.0 Å². The van der Waals surface area contributed by atoms with E-state index in [-0.39, 0.29) is 0 Å². The molecule has 0 radical (unpaired) electrons. The summed E-state index contributed by atoms with van der Waals surface area (Å²) < 4.78 is 12.8. The minimum Gasteiger partial charge on any atom is -0.456 e. The number of hydrogen-bond acceptors (Lipinski definition) is 3. The molecule has 5 aromatic carbocycles. The minimum absolute atomic E-state index is 0.481. The average Bonchev–Trinajstić information content (AvgIpc) is 3.74. The largest absolute Gasteiger partial charge is 0.456 e. The quantitative estimate of drug-likeness (QED) is 0.138. The molecule has 9 rings (SSSR count). The predicted molar refractivity (Wildman–Crippen MR) is 208 cm³/mol. The lowest BCUT2D eigenvalue weighted by atomic mass is 9.91. The van der Waals surface area contributed by atoms with Gasteiger partial charge in [0.05, 0.1) is 5.71 Å². The van der Waals surface area contributed by atoms with Crippen LogP contribution < -0.4 is 0 Å². The van der Waals surface area contributed by atoms with Crippen LogP contribution in [0.4, 0.5) is 0 Å². The summed E-state index contributed by atoms with van der Waals surface area (Å²) in [6, 6.07) is 38.2. The summed E-state index contributed by atoms with van der Waals surface area (Å²) in [6.07, 6.45) is 14.0. The van der Waals surface area contributed by atoms with E-state index in [1.165, 1.54) is 22.1 Å². The van der Waals surface area contributed by atoms with E-state index < -0.39 is 0 Å². The second kappa shape index (κ2) is 12.5. The highest BCUT2D eigenvalue weighted by molar-refractivity contribution is 6.26. The Morgan fingerprint density at radius 3 is 2.28 bits per heavy atom. The first-order valence-corrected chi connectivity index (χ1v) is 17.4. The number of nitrogens with zero attached hydrogens (tertiary/aromatic N) is 2. The predicted octanol–water partition coefficient (Wildman–Crippen LogP) is 12.0. The van der Waals surface area contributed by atoms with Gasteiger partial charge in [-0.3, -0.25) is 4.99 Å². The number of rotatable bonds is 5. The smallest absolute Gasteiger partial charge is 0.155 e. The Bertz CT molecular complexity index is 2570. The molecule has 0 amide bonds. The van der Waals surface area contributed by atoms with Gasteiger partial charge in [0.25, 0.3) is 0 Å². The molecule has 0 spiro atoms. The summed E-state index contributed by atoms with van der Waals surface area (Å²) in [5.74, 6) is 2.12. The molecule has 2 aliphatic carbocycles. The Kier molecular flexibility index (Phi) is 7.50. The fourth-order valence-corrected chi connectivity index (χ4v) is 7.49. The van der Waals surface area contributed by atoms with Crippen LogP contribution in [-0.4, -0.2) is 18.6 Å². The summed E-state index contributed by atoms with van der Waals surface area (Å²) in [5, 5.41) is 3.25. The van der Waals surface area contributed by atoms with E-state index >= 15 is 0 Å². The second-order valence-corrected chi connectivity index (χ2v) is 13.2. The van der Waals surface area contributed by atoms with Crippen LogP contribution in [-0.2, 0) is 6.42 Å². The third-order valence-electron chi connectivity index (χ3n) is 9.96. The zero-order valence-electron chi connectivity index (χ0n) is 28.2. The molecular formula is C46H36N2O2. The zero-order valence-corrected chi connectivity index (χ0v) is 28.2. The van der Waals surface area contributed by atoms with Gasteiger partial charge in [-0.15, -0.1) is 0 Å². The number of fused-ring (bicyclic) bond motifs is 6. The summed E-state index contributed by atoms with van der Waals surface area (Å²) in [4.78, 5) is 10.2. The molecule has 0 saturated carbocycles. The minimum atomic E-state index is 0.481. The van der Waals surface area contributed by atoms with Crippen LogP contribution in [0.2, 0.25) is 0 Å². The van der Waals surface area contributed by atoms with E-state index in [0.29, 0.717) is 11.8 Å². The van der Waals surface area contributed by atoms with Crippen molar-refractivity contribution in [1.82, 2.24) is 0 Å². The fourth-order valence-electron chi connectivity index (χ4n) is 7.49. The van der Waals surface area contributed by atoms with Crippen molar-refractivity contribution in [3.8, 4) is 22.3 Å². The molecule has 2 aromatic heterocycles. The molecule has 4 heteroatoms. The van der Waals surface area contributed by atoms with E-state index in [1.807, 2.05) is 25.2 Å². The number of hydrogen-bond donors (Lipinski definition) is 0. The van der Waals surface area contributed by atoms with E-state index in [1.54, 1.807) is 0 Å². The number of allylic oxidation sites excluding steroid dienone is 5. The summed E-state index contributed by atoms with van der Waals surface area (Å²) >= 11 is 0. The maximum absolute atomic E-state index is 6.53. The van der Waals surface area contributed by atoms with Gasteiger partial charge in [0.1, 0.15) is 22.5 Å². The van der Waals surface area contributed by atoms with Crippen LogP contribution in [0.3, 0.4) is 0 Å². The van der Waals surface area contributed by atoms with Gasteiger partial charge < -0.3 is 8.83 Å². The average molecular weight is 649 g/mol. The molecule has 0 fully saturated rings. The molecule has 242 valence electrons. The molecule has 1 atom stereocenters. The van der Waals surface area contributed by atoms with E-state index in [2.05, 4.69) is 128 Å². The first-order chi connectivity index (χ1) is 24.6. The Hall–Kier alpha value is -6.00. The molecule has 4 nitrogen and oxygen atoms in total. The highest BCUT2D eigenvalue weighted by atomic mass is 16.3. The van der Waals surface area contributed by atoms with Gasteiger partial charge in [-0.05, 0) is 83.3 Å². The molecule has 50 heavy (non-hydrogen) atoms. The standard InChI is InChI=1S/C46H36N2O2/c1-29-19-25-39-37(27-29)38-28-34(24-26-40(38)49-39)35-15-9-17-41-43(35)44-36(16-10-18-42(44)50-41)46(47-2)48-45(32-13-7-4-8-14-32)33-22-20-31(21-23-33)30-11-5-3-6-12-30/h3,5-7,9-26,28-29H,4,8,27H2,1-2H3. The summed E-state index contributed by atoms with van der Waals surface area (Å²) in [7, 11) is 1.83. The molecule has 7 aromatic rings. The van der Waals surface area contributed by atoms with Crippen molar-refractivity contribution in [3.63, 3.8) is 0 Å². The lowest BCUT2D eigenvalue weighted by Crippen LogP contribution is -2.10. The first kappa shape index (κ1) is 30.1.